The van der Waals surface area contributed by atoms with Gasteiger partial charge in [-0.2, -0.15) is 0 Å². The summed E-state index contributed by atoms with van der Waals surface area (Å²) in [5.74, 6) is 0.451. The molecule has 3 heteroatoms. The lowest BCUT2D eigenvalue weighted by Gasteiger charge is -2.14. The lowest BCUT2D eigenvalue weighted by molar-refractivity contribution is 0.531. The predicted octanol–water partition coefficient (Wildman–Crippen LogP) is 3.96. The quantitative estimate of drug-likeness (QED) is 0.774. The molecule has 108 valence electrons. The summed E-state index contributed by atoms with van der Waals surface area (Å²) in [4.78, 5) is 4.73. The molecule has 0 fully saturated rings. The fourth-order valence-electron chi connectivity index (χ4n) is 2.64. The van der Waals surface area contributed by atoms with E-state index in [4.69, 9.17) is 10.7 Å². The Labute approximate surface area is 129 Å². The number of rotatable bonds is 5. The van der Waals surface area contributed by atoms with Crippen molar-refractivity contribution in [1.29, 1.82) is 0 Å². The number of hydrogen-bond acceptors (Lipinski definition) is 3. The van der Waals surface area contributed by atoms with Crippen LogP contribution in [-0.4, -0.2) is 11.5 Å². The van der Waals surface area contributed by atoms with Crippen molar-refractivity contribution in [2.75, 3.05) is 6.54 Å². The van der Waals surface area contributed by atoms with Gasteiger partial charge in [-0.3, -0.25) is 0 Å². The Morgan fingerprint density at radius 1 is 1.05 bits per heavy atom. The highest BCUT2D eigenvalue weighted by atomic mass is 32.1. The maximum absolute atomic E-state index is 5.99. The van der Waals surface area contributed by atoms with Gasteiger partial charge in [0.15, 0.2) is 0 Å². The summed E-state index contributed by atoms with van der Waals surface area (Å²) >= 11 is 1.79. The van der Waals surface area contributed by atoms with Crippen LogP contribution >= 0.6 is 11.3 Å². The first-order valence-corrected chi connectivity index (χ1v) is 8.17. The lowest BCUT2D eigenvalue weighted by Crippen LogP contribution is -2.19. The first kappa shape index (κ1) is 14.2. The van der Waals surface area contributed by atoms with E-state index in [1.807, 2.05) is 6.07 Å². The highest BCUT2D eigenvalue weighted by Crippen LogP contribution is 2.25. The second-order valence-corrected chi connectivity index (χ2v) is 6.63. The molecule has 2 aromatic carbocycles. The molecule has 0 spiro atoms. The molecular formula is C18H20N2S. The van der Waals surface area contributed by atoms with Gasteiger partial charge < -0.3 is 5.73 Å². The van der Waals surface area contributed by atoms with Crippen molar-refractivity contribution in [2.24, 2.45) is 11.7 Å². The minimum Gasteiger partial charge on any atom is -0.330 e. The van der Waals surface area contributed by atoms with Crippen molar-refractivity contribution in [2.45, 2.75) is 19.8 Å². The third-order valence-corrected chi connectivity index (χ3v) is 4.96. The van der Waals surface area contributed by atoms with Crippen molar-refractivity contribution in [3.05, 3.63) is 64.7 Å². The van der Waals surface area contributed by atoms with Crippen LogP contribution in [0.25, 0.3) is 10.2 Å². The van der Waals surface area contributed by atoms with E-state index in [1.54, 1.807) is 11.3 Å². The van der Waals surface area contributed by atoms with E-state index >= 15 is 0 Å². The fraction of sp³-hybridized carbons (Fsp3) is 0.278. The second-order valence-electron chi connectivity index (χ2n) is 5.51. The minimum absolute atomic E-state index is 0.451. The summed E-state index contributed by atoms with van der Waals surface area (Å²) in [5, 5.41) is 1.19. The van der Waals surface area contributed by atoms with Crippen molar-refractivity contribution in [3.8, 4) is 0 Å². The Morgan fingerprint density at radius 3 is 2.57 bits per heavy atom. The summed E-state index contributed by atoms with van der Waals surface area (Å²) < 4.78 is 1.26. The van der Waals surface area contributed by atoms with Crippen LogP contribution in [0.15, 0.2) is 48.5 Å². The molecule has 21 heavy (non-hydrogen) atoms. The molecule has 0 radical (unpaired) electrons. The molecule has 0 aliphatic carbocycles. The van der Waals surface area contributed by atoms with E-state index in [2.05, 4.69) is 49.4 Å². The summed E-state index contributed by atoms with van der Waals surface area (Å²) in [6.07, 6.45) is 1.99. The molecule has 3 rings (SSSR count). The Bertz CT molecular complexity index is 700. The number of nitrogens with two attached hydrogens (primary N) is 1. The van der Waals surface area contributed by atoms with Crippen molar-refractivity contribution < 1.29 is 0 Å². The molecular weight excluding hydrogens is 276 g/mol. The molecule has 0 amide bonds. The first-order chi connectivity index (χ1) is 10.3. The van der Waals surface area contributed by atoms with Crippen LogP contribution in [0, 0.1) is 12.8 Å². The largest absolute Gasteiger partial charge is 0.330 e. The van der Waals surface area contributed by atoms with Crippen LogP contribution in [0.3, 0.4) is 0 Å². The lowest BCUT2D eigenvalue weighted by atomic mass is 9.94. The molecule has 1 aromatic heterocycles. The number of aryl methyl sites for hydroxylation is 1. The van der Waals surface area contributed by atoms with E-state index in [1.165, 1.54) is 20.8 Å². The highest BCUT2D eigenvalue weighted by Gasteiger charge is 2.13. The van der Waals surface area contributed by atoms with Gasteiger partial charge in [0, 0.05) is 6.42 Å². The predicted molar refractivity (Wildman–Crippen MR) is 90.8 cm³/mol. The first-order valence-electron chi connectivity index (χ1n) is 7.35. The Balaban J connectivity index is 1.76. The number of para-hydroxylation sites is 1. The summed E-state index contributed by atoms with van der Waals surface area (Å²) in [7, 11) is 0. The molecule has 1 unspecified atom stereocenters. The van der Waals surface area contributed by atoms with Crippen LogP contribution in [0.5, 0.6) is 0 Å². The number of nitrogens with zero attached hydrogens (tertiary/aromatic N) is 1. The molecule has 0 aliphatic rings. The standard InChI is InChI=1S/C18H20N2S/c1-13-6-2-3-7-15(13)10-14(12-19)11-18-20-16-8-4-5-9-17(16)21-18/h2-9,14H,10-12,19H2,1H3. The monoisotopic (exact) mass is 296 g/mol. The zero-order chi connectivity index (χ0) is 14.7. The number of benzene rings is 2. The zero-order valence-corrected chi connectivity index (χ0v) is 13.1. The second kappa shape index (κ2) is 6.37. The summed E-state index contributed by atoms with van der Waals surface area (Å²) in [5.41, 5.74) is 9.84. The SMILES string of the molecule is Cc1ccccc1CC(CN)Cc1nc2ccccc2s1. The molecule has 3 aromatic rings. The third kappa shape index (κ3) is 3.31. The Kier molecular flexibility index (Phi) is 4.32. The third-order valence-electron chi connectivity index (χ3n) is 3.90. The minimum atomic E-state index is 0.451. The maximum Gasteiger partial charge on any atom is 0.0941 e. The maximum atomic E-state index is 5.99. The van der Waals surface area contributed by atoms with E-state index in [9.17, 15) is 0 Å². The number of fused-ring (bicyclic) bond motifs is 1. The van der Waals surface area contributed by atoms with E-state index in [0.29, 0.717) is 12.5 Å². The normalized spacial score (nSPS) is 12.7. The van der Waals surface area contributed by atoms with Crippen LogP contribution in [-0.2, 0) is 12.8 Å². The molecule has 0 bridgehead atoms. The van der Waals surface area contributed by atoms with E-state index in [0.717, 1.165) is 18.4 Å². The topological polar surface area (TPSA) is 38.9 Å². The van der Waals surface area contributed by atoms with Gasteiger partial charge in [0.05, 0.1) is 15.2 Å². The van der Waals surface area contributed by atoms with Crippen LogP contribution in [0.4, 0.5) is 0 Å². The van der Waals surface area contributed by atoms with Crippen LogP contribution < -0.4 is 5.73 Å². The summed E-state index contributed by atoms with van der Waals surface area (Å²) in [6, 6.07) is 16.9. The van der Waals surface area contributed by atoms with Gasteiger partial charge in [0.2, 0.25) is 0 Å². The molecule has 0 saturated carbocycles. The zero-order valence-electron chi connectivity index (χ0n) is 12.3. The molecule has 2 nitrogen and oxygen atoms in total. The Morgan fingerprint density at radius 2 is 1.81 bits per heavy atom. The van der Waals surface area contributed by atoms with Crippen LogP contribution in [0.1, 0.15) is 16.1 Å². The fourth-order valence-corrected chi connectivity index (χ4v) is 3.72. The average Bonchev–Trinajstić information content (AvgIpc) is 2.91. The van der Waals surface area contributed by atoms with E-state index in [-0.39, 0.29) is 0 Å². The molecule has 0 saturated heterocycles. The van der Waals surface area contributed by atoms with Crippen molar-refractivity contribution >= 4 is 21.6 Å². The van der Waals surface area contributed by atoms with Crippen LogP contribution in [0.2, 0.25) is 0 Å². The Hall–Kier alpha value is -1.71. The smallest absolute Gasteiger partial charge is 0.0941 e. The number of thiazole rings is 1. The van der Waals surface area contributed by atoms with Gasteiger partial charge in [0.1, 0.15) is 0 Å². The van der Waals surface area contributed by atoms with Gasteiger partial charge in [-0.05, 0) is 49.1 Å². The van der Waals surface area contributed by atoms with E-state index < -0.39 is 0 Å². The van der Waals surface area contributed by atoms with Gasteiger partial charge in [-0.15, -0.1) is 11.3 Å². The summed E-state index contributed by atoms with van der Waals surface area (Å²) in [6.45, 7) is 2.87. The highest BCUT2D eigenvalue weighted by molar-refractivity contribution is 7.18. The molecule has 1 heterocycles. The van der Waals surface area contributed by atoms with Crippen molar-refractivity contribution in [1.82, 2.24) is 4.98 Å². The molecule has 2 N–H and O–H groups in total. The molecule has 0 aliphatic heterocycles. The average molecular weight is 296 g/mol. The number of hydrogen-bond donors (Lipinski definition) is 1. The van der Waals surface area contributed by atoms with Gasteiger partial charge >= 0.3 is 0 Å². The number of aromatic nitrogens is 1. The van der Waals surface area contributed by atoms with Gasteiger partial charge in [-0.1, -0.05) is 36.4 Å². The molecule has 1 atom stereocenters. The van der Waals surface area contributed by atoms with Gasteiger partial charge in [0.25, 0.3) is 0 Å². The van der Waals surface area contributed by atoms with Crippen molar-refractivity contribution in [3.63, 3.8) is 0 Å². The van der Waals surface area contributed by atoms with Gasteiger partial charge in [-0.25, -0.2) is 4.98 Å².